The zero-order chi connectivity index (χ0) is 14.0. The summed E-state index contributed by atoms with van der Waals surface area (Å²) in [7, 11) is 3.91. The van der Waals surface area contributed by atoms with Gasteiger partial charge in [-0.2, -0.15) is 10.2 Å². The van der Waals surface area contributed by atoms with E-state index in [0.29, 0.717) is 0 Å². The maximum atomic E-state index is 5.70. The molecule has 0 radical (unpaired) electrons. The summed E-state index contributed by atoms with van der Waals surface area (Å²) in [5.74, 6) is 5.70. The number of hydrogen-bond acceptors (Lipinski definition) is 4. The predicted octanol–water partition coefficient (Wildman–Crippen LogP) is 0.772. The van der Waals surface area contributed by atoms with E-state index in [9.17, 15) is 0 Å². The van der Waals surface area contributed by atoms with Crippen molar-refractivity contribution in [3.8, 4) is 0 Å². The number of rotatable bonds is 5. The topological polar surface area (TPSA) is 73.7 Å². The van der Waals surface area contributed by atoms with Crippen LogP contribution in [-0.2, 0) is 26.9 Å². The lowest BCUT2D eigenvalue weighted by atomic mass is 10.0. The van der Waals surface area contributed by atoms with Crippen LogP contribution < -0.4 is 11.3 Å². The Morgan fingerprint density at radius 2 is 2.11 bits per heavy atom. The first-order valence-corrected chi connectivity index (χ1v) is 6.53. The maximum absolute atomic E-state index is 5.70. The minimum absolute atomic E-state index is 0.0498. The minimum atomic E-state index is 0.0498. The second-order valence-corrected chi connectivity index (χ2v) is 4.84. The number of nitrogens with two attached hydrogens (primary N) is 1. The Bertz CT molecular complexity index is 553. The molecule has 0 fully saturated rings. The number of aryl methyl sites for hydroxylation is 3. The van der Waals surface area contributed by atoms with E-state index in [4.69, 9.17) is 5.84 Å². The summed E-state index contributed by atoms with van der Waals surface area (Å²) in [5, 5.41) is 8.73. The van der Waals surface area contributed by atoms with E-state index in [1.54, 1.807) is 0 Å². The molecule has 2 rings (SSSR count). The molecule has 6 nitrogen and oxygen atoms in total. The highest BCUT2D eigenvalue weighted by Crippen LogP contribution is 2.20. The van der Waals surface area contributed by atoms with Gasteiger partial charge in [-0.25, -0.2) is 0 Å². The van der Waals surface area contributed by atoms with Crippen LogP contribution in [0.3, 0.4) is 0 Å². The summed E-state index contributed by atoms with van der Waals surface area (Å²) < 4.78 is 3.79. The van der Waals surface area contributed by atoms with Gasteiger partial charge in [-0.1, -0.05) is 6.92 Å². The Balaban J connectivity index is 2.23. The van der Waals surface area contributed by atoms with Crippen molar-refractivity contribution in [2.75, 3.05) is 0 Å². The van der Waals surface area contributed by atoms with Crippen LogP contribution in [0.2, 0.25) is 0 Å². The second kappa shape index (κ2) is 5.54. The van der Waals surface area contributed by atoms with Crippen LogP contribution >= 0.6 is 0 Å². The molecule has 2 aromatic rings. The van der Waals surface area contributed by atoms with Crippen molar-refractivity contribution in [3.63, 3.8) is 0 Å². The van der Waals surface area contributed by atoms with Crippen molar-refractivity contribution in [2.24, 2.45) is 19.9 Å². The van der Waals surface area contributed by atoms with Gasteiger partial charge in [0.2, 0.25) is 0 Å². The first kappa shape index (κ1) is 13.8. The number of hydrogen-bond donors (Lipinski definition) is 2. The third kappa shape index (κ3) is 2.69. The predicted molar refractivity (Wildman–Crippen MR) is 74.3 cm³/mol. The molecule has 0 aliphatic heterocycles. The first-order chi connectivity index (χ1) is 9.06. The monoisotopic (exact) mass is 262 g/mol. The Morgan fingerprint density at radius 3 is 2.58 bits per heavy atom. The van der Waals surface area contributed by atoms with Crippen molar-refractivity contribution >= 4 is 0 Å². The lowest BCUT2D eigenvalue weighted by Crippen LogP contribution is -2.30. The highest BCUT2D eigenvalue weighted by molar-refractivity contribution is 5.23. The maximum Gasteiger partial charge on any atom is 0.0624 e. The van der Waals surface area contributed by atoms with Crippen LogP contribution in [0, 0.1) is 6.92 Å². The molecule has 104 valence electrons. The van der Waals surface area contributed by atoms with Gasteiger partial charge in [-0.3, -0.25) is 20.6 Å². The molecule has 1 unspecified atom stereocenters. The van der Waals surface area contributed by atoms with E-state index in [1.165, 1.54) is 5.69 Å². The van der Waals surface area contributed by atoms with Crippen LogP contribution in [0.15, 0.2) is 12.3 Å². The van der Waals surface area contributed by atoms with Gasteiger partial charge in [0.05, 0.1) is 17.9 Å². The molecule has 1 atom stereocenters. The smallest absolute Gasteiger partial charge is 0.0624 e. The molecule has 0 saturated carbocycles. The molecule has 2 heterocycles. The van der Waals surface area contributed by atoms with Gasteiger partial charge in [0.25, 0.3) is 0 Å². The number of nitrogens with one attached hydrogen (secondary N) is 1. The Kier molecular flexibility index (Phi) is 4.01. The summed E-state index contributed by atoms with van der Waals surface area (Å²) in [6, 6.07) is 2.18. The normalized spacial score (nSPS) is 12.9. The molecular formula is C13H22N6. The Morgan fingerprint density at radius 1 is 1.37 bits per heavy atom. The summed E-state index contributed by atoms with van der Waals surface area (Å²) >= 11 is 0. The Hall–Kier alpha value is -1.66. The molecule has 0 aromatic carbocycles. The number of hydrazine groups is 1. The first-order valence-electron chi connectivity index (χ1n) is 6.53. The average Bonchev–Trinajstić information content (AvgIpc) is 2.92. The fourth-order valence-electron chi connectivity index (χ4n) is 2.26. The summed E-state index contributed by atoms with van der Waals surface area (Å²) in [5.41, 5.74) is 7.41. The van der Waals surface area contributed by atoms with Crippen molar-refractivity contribution < 1.29 is 0 Å². The molecule has 0 aliphatic rings. The lowest BCUT2D eigenvalue weighted by molar-refractivity contribution is 0.526. The quantitative estimate of drug-likeness (QED) is 0.616. The Labute approximate surface area is 113 Å². The van der Waals surface area contributed by atoms with Gasteiger partial charge in [-0.05, 0) is 19.4 Å². The zero-order valence-corrected chi connectivity index (χ0v) is 12.0. The molecule has 0 spiro atoms. The molecule has 2 aromatic heterocycles. The highest BCUT2D eigenvalue weighted by Gasteiger charge is 2.18. The van der Waals surface area contributed by atoms with Crippen LogP contribution in [-0.4, -0.2) is 19.6 Å². The van der Waals surface area contributed by atoms with Gasteiger partial charge < -0.3 is 0 Å². The average molecular weight is 262 g/mol. The van der Waals surface area contributed by atoms with Crippen LogP contribution in [0.4, 0.5) is 0 Å². The van der Waals surface area contributed by atoms with E-state index in [-0.39, 0.29) is 6.04 Å². The van der Waals surface area contributed by atoms with Gasteiger partial charge in [-0.15, -0.1) is 0 Å². The van der Waals surface area contributed by atoms with Gasteiger partial charge in [0.15, 0.2) is 0 Å². The third-order valence-electron chi connectivity index (χ3n) is 3.65. The van der Waals surface area contributed by atoms with E-state index in [1.807, 2.05) is 36.6 Å². The van der Waals surface area contributed by atoms with Crippen LogP contribution in [0.5, 0.6) is 0 Å². The molecule has 19 heavy (non-hydrogen) atoms. The highest BCUT2D eigenvalue weighted by atomic mass is 15.3. The molecule has 3 N–H and O–H groups in total. The second-order valence-electron chi connectivity index (χ2n) is 4.84. The van der Waals surface area contributed by atoms with Crippen molar-refractivity contribution in [3.05, 3.63) is 34.9 Å². The molecule has 0 aliphatic carbocycles. The molecule has 0 saturated heterocycles. The standard InChI is InChI=1S/C13H22N6/c1-5-10-6-11(19(4)17-10)7-13(16-14)12-8-15-18(3)9(12)2/h6,8,13,16H,5,7,14H2,1-4H3. The van der Waals surface area contributed by atoms with Gasteiger partial charge in [0.1, 0.15) is 0 Å². The van der Waals surface area contributed by atoms with Crippen LogP contribution in [0.1, 0.15) is 35.6 Å². The summed E-state index contributed by atoms with van der Waals surface area (Å²) in [4.78, 5) is 0. The van der Waals surface area contributed by atoms with Crippen molar-refractivity contribution in [1.29, 1.82) is 0 Å². The summed E-state index contributed by atoms with van der Waals surface area (Å²) in [6.07, 6.45) is 3.62. The largest absolute Gasteiger partial charge is 0.273 e. The van der Waals surface area contributed by atoms with Crippen molar-refractivity contribution in [1.82, 2.24) is 25.0 Å². The minimum Gasteiger partial charge on any atom is -0.273 e. The van der Waals surface area contributed by atoms with E-state index < -0.39 is 0 Å². The van der Waals surface area contributed by atoms with Crippen molar-refractivity contribution in [2.45, 2.75) is 32.7 Å². The van der Waals surface area contributed by atoms with Gasteiger partial charge >= 0.3 is 0 Å². The third-order valence-corrected chi connectivity index (χ3v) is 3.65. The fourth-order valence-corrected chi connectivity index (χ4v) is 2.26. The molecule has 0 amide bonds. The lowest BCUT2D eigenvalue weighted by Gasteiger charge is -2.15. The fraction of sp³-hybridized carbons (Fsp3) is 0.538. The number of aromatic nitrogens is 4. The SMILES string of the molecule is CCc1cc(CC(NN)c2cnn(C)c2C)n(C)n1. The zero-order valence-electron chi connectivity index (χ0n) is 12.0. The molecular weight excluding hydrogens is 240 g/mol. The van der Waals surface area contributed by atoms with E-state index in [0.717, 1.165) is 29.8 Å². The number of nitrogens with zero attached hydrogens (tertiary/aromatic N) is 4. The molecule has 6 heteroatoms. The molecule has 0 bridgehead atoms. The summed E-state index contributed by atoms with van der Waals surface area (Å²) in [6.45, 7) is 4.16. The van der Waals surface area contributed by atoms with E-state index in [2.05, 4.69) is 28.6 Å². The van der Waals surface area contributed by atoms with Gasteiger partial charge in [0, 0.05) is 37.5 Å². The van der Waals surface area contributed by atoms with Crippen LogP contribution in [0.25, 0.3) is 0 Å². The van der Waals surface area contributed by atoms with E-state index >= 15 is 0 Å².